The molecule has 1 unspecified atom stereocenters. The number of carbonyl (C=O) groups is 2. The van der Waals surface area contributed by atoms with E-state index in [1.807, 2.05) is 31.5 Å². The number of rotatable bonds is 6. The first-order valence-corrected chi connectivity index (χ1v) is 8.22. The Morgan fingerprint density at radius 1 is 1.35 bits per heavy atom. The molecule has 2 rings (SSSR count). The number of ether oxygens (including phenoxy) is 1. The van der Waals surface area contributed by atoms with Crippen molar-refractivity contribution in [3.05, 3.63) is 42.5 Å². The molecule has 0 aliphatic carbocycles. The first-order chi connectivity index (χ1) is 12.2. The zero-order chi connectivity index (χ0) is 19.3. The van der Waals surface area contributed by atoms with Gasteiger partial charge in [0.2, 0.25) is 5.91 Å². The molecule has 0 fully saturated rings. The number of nitrogens with two attached hydrogens (primary N) is 1. The molecule has 140 valence electrons. The molecule has 1 atom stereocenters. The van der Waals surface area contributed by atoms with Crippen LogP contribution in [0.25, 0.3) is 0 Å². The van der Waals surface area contributed by atoms with Gasteiger partial charge in [0.25, 0.3) is 0 Å². The van der Waals surface area contributed by atoms with Crippen molar-refractivity contribution in [2.75, 3.05) is 12.4 Å². The quantitative estimate of drug-likeness (QED) is 0.734. The minimum atomic E-state index is -0.580. The topological polar surface area (TPSA) is 111 Å². The highest BCUT2D eigenvalue weighted by atomic mass is 16.5. The number of benzene rings is 1. The van der Waals surface area contributed by atoms with Gasteiger partial charge in [-0.2, -0.15) is 0 Å². The smallest absolute Gasteiger partial charge is 0.319 e. The van der Waals surface area contributed by atoms with E-state index in [4.69, 9.17) is 10.5 Å². The summed E-state index contributed by atoms with van der Waals surface area (Å²) in [6.45, 7) is 6.71. The molecular formula is C18H25N5O3. The van der Waals surface area contributed by atoms with Gasteiger partial charge in [-0.25, -0.2) is 9.78 Å². The van der Waals surface area contributed by atoms with Crippen LogP contribution >= 0.6 is 0 Å². The van der Waals surface area contributed by atoms with Crippen molar-refractivity contribution >= 4 is 17.6 Å². The first kappa shape index (κ1) is 19.3. The van der Waals surface area contributed by atoms with E-state index >= 15 is 0 Å². The van der Waals surface area contributed by atoms with Crippen LogP contribution in [-0.4, -0.2) is 34.6 Å². The molecule has 0 aliphatic rings. The lowest BCUT2D eigenvalue weighted by Gasteiger charge is -2.31. The molecule has 1 aromatic carbocycles. The lowest BCUT2D eigenvalue weighted by Crippen LogP contribution is -2.47. The molecule has 26 heavy (non-hydrogen) atoms. The summed E-state index contributed by atoms with van der Waals surface area (Å²) in [6, 6.07) is 4.07. The standard InChI is InChI=1S/C18H25N5O3/c1-18(2,3)15(10-23-8-7-20-11-23)22-17(25)21-13-9-12(16(19)24)5-6-14(13)26-4/h5-9,11,15H,10H2,1-4H3,(H2,19,24)(H2,21,22,25). The highest BCUT2D eigenvalue weighted by Gasteiger charge is 2.27. The summed E-state index contributed by atoms with van der Waals surface area (Å²) >= 11 is 0. The number of hydrogen-bond acceptors (Lipinski definition) is 4. The lowest BCUT2D eigenvalue weighted by molar-refractivity contribution is 0.1000. The van der Waals surface area contributed by atoms with Crippen molar-refractivity contribution in [3.8, 4) is 5.75 Å². The first-order valence-electron chi connectivity index (χ1n) is 8.22. The van der Waals surface area contributed by atoms with Gasteiger partial charge in [0.05, 0.1) is 25.2 Å². The zero-order valence-electron chi connectivity index (χ0n) is 15.4. The van der Waals surface area contributed by atoms with Crippen LogP contribution in [0.15, 0.2) is 36.9 Å². The van der Waals surface area contributed by atoms with Crippen LogP contribution in [0.3, 0.4) is 0 Å². The maximum atomic E-state index is 12.5. The lowest BCUT2D eigenvalue weighted by atomic mass is 9.86. The van der Waals surface area contributed by atoms with Crippen LogP contribution in [0.4, 0.5) is 10.5 Å². The van der Waals surface area contributed by atoms with Gasteiger partial charge < -0.3 is 25.7 Å². The Kier molecular flexibility index (Phi) is 5.86. The van der Waals surface area contributed by atoms with Crippen LogP contribution in [0.2, 0.25) is 0 Å². The molecule has 0 aliphatic heterocycles. The molecule has 2 aromatic rings. The van der Waals surface area contributed by atoms with Crippen LogP contribution in [0, 0.1) is 5.41 Å². The molecule has 0 spiro atoms. The molecule has 8 nitrogen and oxygen atoms in total. The Morgan fingerprint density at radius 3 is 2.62 bits per heavy atom. The van der Waals surface area contributed by atoms with E-state index < -0.39 is 11.9 Å². The van der Waals surface area contributed by atoms with Crippen molar-refractivity contribution in [1.29, 1.82) is 0 Å². The summed E-state index contributed by atoms with van der Waals surface area (Å²) in [4.78, 5) is 27.9. The number of carbonyl (C=O) groups excluding carboxylic acids is 2. The molecule has 3 amide bonds. The number of nitrogens with zero attached hydrogens (tertiary/aromatic N) is 2. The van der Waals surface area contributed by atoms with Crippen molar-refractivity contribution in [1.82, 2.24) is 14.9 Å². The van der Waals surface area contributed by atoms with Crippen LogP contribution in [-0.2, 0) is 6.54 Å². The largest absolute Gasteiger partial charge is 0.495 e. The van der Waals surface area contributed by atoms with E-state index in [1.54, 1.807) is 24.7 Å². The number of urea groups is 1. The predicted molar refractivity (Wildman–Crippen MR) is 99.1 cm³/mol. The molecule has 0 saturated carbocycles. The van der Waals surface area contributed by atoms with Crippen LogP contribution in [0.5, 0.6) is 5.75 Å². The fourth-order valence-corrected chi connectivity index (χ4v) is 2.42. The molecule has 0 radical (unpaired) electrons. The molecular weight excluding hydrogens is 334 g/mol. The number of amides is 3. The van der Waals surface area contributed by atoms with Gasteiger partial charge >= 0.3 is 6.03 Å². The minimum absolute atomic E-state index is 0.151. The second-order valence-corrected chi connectivity index (χ2v) is 7.06. The Balaban J connectivity index is 2.15. The van der Waals surface area contributed by atoms with Crippen molar-refractivity contribution in [2.45, 2.75) is 33.4 Å². The van der Waals surface area contributed by atoms with E-state index in [9.17, 15) is 9.59 Å². The van der Waals surface area contributed by atoms with Gasteiger partial charge in [-0.05, 0) is 23.6 Å². The molecule has 4 N–H and O–H groups in total. The molecule has 0 saturated heterocycles. The molecule has 8 heteroatoms. The number of primary amides is 1. The fraction of sp³-hybridized carbons (Fsp3) is 0.389. The SMILES string of the molecule is COc1ccc(C(N)=O)cc1NC(=O)NC(Cn1ccnc1)C(C)(C)C. The van der Waals surface area contributed by atoms with Crippen LogP contribution < -0.4 is 21.1 Å². The monoisotopic (exact) mass is 359 g/mol. The van der Waals surface area contributed by atoms with Gasteiger partial charge in [0.1, 0.15) is 5.75 Å². The number of anilines is 1. The summed E-state index contributed by atoms with van der Waals surface area (Å²) in [5, 5.41) is 5.70. The number of methoxy groups -OCH3 is 1. The third-order valence-corrected chi connectivity index (χ3v) is 4.04. The number of hydrogen-bond donors (Lipinski definition) is 3. The van der Waals surface area contributed by atoms with Crippen molar-refractivity contribution < 1.29 is 14.3 Å². The minimum Gasteiger partial charge on any atom is -0.495 e. The maximum absolute atomic E-state index is 12.5. The average molecular weight is 359 g/mol. The molecule has 1 aromatic heterocycles. The third kappa shape index (κ3) is 4.98. The van der Waals surface area contributed by atoms with Gasteiger partial charge in [-0.15, -0.1) is 0 Å². The number of aromatic nitrogens is 2. The van der Waals surface area contributed by atoms with Gasteiger partial charge in [0.15, 0.2) is 0 Å². The summed E-state index contributed by atoms with van der Waals surface area (Å²) in [5.41, 5.74) is 5.78. The fourth-order valence-electron chi connectivity index (χ4n) is 2.42. The van der Waals surface area contributed by atoms with E-state index in [-0.39, 0.29) is 17.0 Å². The summed E-state index contributed by atoms with van der Waals surface area (Å²) in [6.07, 6.45) is 5.25. The van der Waals surface area contributed by atoms with Gasteiger partial charge in [0, 0.05) is 24.5 Å². The highest BCUT2D eigenvalue weighted by Crippen LogP contribution is 2.26. The van der Waals surface area contributed by atoms with Crippen molar-refractivity contribution in [2.24, 2.45) is 11.1 Å². The zero-order valence-corrected chi connectivity index (χ0v) is 15.4. The summed E-state index contributed by atoms with van der Waals surface area (Å²) in [5.74, 6) is -0.143. The molecule has 0 bridgehead atoms. The third-order valence-electron chi connectivity index (χ3n) is 4.04. The Hall–Kier alpha value is -3.03. The second kappa shape index (κ2) is 7.90. The Labute approximate surface area is 152 Å². The van der Waals surface area contributed by atoms with E-state index in [1.165, 1.54) is 13.2 Å². The maximum Gasteiger partial charge on any atom is 0.319 e. The Bertz CT molecular complexity index is 766. The second-order valence-electron chi connectivity index (χ2n) is 7.06. The average Bonchev–Trinajstić information content (AvgIpc) is 3.06. The van der Waals surface area contributed by atoms with Gasteiger partial charge in [-0.3, -0.25) is 4.79 Å². The normalized spacial score (nSPS) is 12.3. The number of nitrogens with one attached hydrogen (secondary N) is 2. The van der Waals surface area contributed by atoms with Crippen LogP contribution in [0.1, 0.15) is 31.1 Å². The summed E-state index contributed by atoms with van der Waals surface area (Å²) < 4.78 is 7.14. The number of imidazole rings is 1. The summed E-state index contributed by atoms with van der Waals surface area (Å²) in [7, 11) is 1.49. The van der Waals surface area contributed by atoms with Gasteiger partial charge in [-0.1, -0.05) is 20.8 Å². The van der Waals surface area contributed by atoms with E-state index in [0.717, 1.165) is 0 Å². The van der Waals surface area contributed by atoms with E-state index in [2.05, 4.69) is 15.6 Å². The highest BCUT2D eigenvalue weighted by molar-refractivity contribution is 5.97. The molecule has 1 heterocycles. The Morgan fingerprint density at radius 2 is 2.08 bits per heavy atom. The van der Waals surface area contributed by atoms with E-state index in [0.29, 0.717) is 18.0 Å². The predicted octanol–water partition coefficient (Wildman–Crippen LogP) is 2.23. The van der Waals surface area contributed by atoms with Crippen molar-refractivity contribution in [3.63, 3.8) is 0 Å².